The molecule has 1 unspecified atom stereocenters. The maximum absolute atomic E-state index is 5.42. The van der Waals surface area contributed by atoms with Gasteiger partial charge in [-0.3, -0.25) is 0 Å². The van der Waals surface area contributed by atoms with Gasteiger partial charge in [0.05, 0.1) is 21.3 Å². The molecular formula is C14H23NO3. The number of benzene rings is 1. The highest BCUT2D eigenvalue weighted by atomic mass is 16.5. The second-order valence-corrected chi connectivity index (χ2v) is 4.24. The third kappa shape index (κ3) is 3.53. The van der Waals surface area contributed by atoms with Crippen molar-refractivity contribution in [3.05, 3.63) is 17.7 Å². The van der Waals surface area contributed by atoms with Crippen LogP contribution in [0.25, 0.3) is 0 Å². The van der Waals surface area contributed by atoms with E-state index in [4.69, 9.17) is 14.2 Å². The van der Waals surface area contributed by atoms with Crippen LogP contribution in [0.1, 0.15) is 18.9 Å². The van der Waals surface area contributed by atoms with E-state index in [0.29, 0.717) is 6.04 Å². The van der Waals surface area contributed by atoms with Gasteiger partial charge in [0.1, 0.15) is 17.2 Å². The Bertz CT molecular complexity index is 354. The monoisotopic (exact) mass is 253 g/mol. The summed E-state index contributed by atoms with van der Waals surface area (Å²) in [6, 6.07) is 4.24. The largest absolute Gasteiger partial charge is 0.496 e. The van der Waals surface area contributed by atoms with Gasteiger partial charge in [-0.2, -0.15) is 0 Å². The quantitative estimate of drug-likeness (QED) is 0.809. The van der Waals surface area contributed by atoms with Crippen LogP contribution in [0, 0.1) is 0 Å². The number of rotatable bonds is 7. The van der Waals surface area contributed by atoms with E-state index in [1.807, 2.05) is 19.2 Å². The van der Waals surface area contributed by atoms with Crippen LogP contribution in [0.15, 0.2) is 12.1 Å². The van der Waals surface area contributed by atoms with Gasteiger partial charge in [0.25, 0.3) is 0 Å². The first-order valence-electron chi connectivity index (χ1n) is 6.12. The molecule has 0 fully saturated rings. The molecule has 18 heavy (non-hydrogen) atoms. The number of hydrogen-bond donors (Lipinski definition) is 1. The summed E-state index contributed by atoms with van der Waals surface area (Å²) in [4.78, 5) is 0. The van der Waals surface area contributed by atoms with Gasteiger partial charge in [-0.1, -0.05) is 0 Å². The van der Waals surface area contributed by atoms with Gasteiger partial charge in [-0.05, 0) is 26.8 Å². The van der Waals surface area contributed by atoms with Crippen molar-refractivity contribution in [2.45, 2.75) is 25.8 Å². The van der Waals surface area contributed by atoms with Crippen molar-refractivity contribution < 1.29 is 14.2 Å². The minimum Gasteiger partial charge on any atom is -0.496 e. The van der Waals surface area contributed by atoms with Gasteiger partial charge in [0.15, 0.2) is 0 Å². The third-order valence-electron chi connectivity index (χ3n) is 3.14. The van der Waals surface area contributed by atoms with Crippen LogP contribution in [-0.4, -0.2) is 34.4 Å². The molecule has 0 aliphatic carbocycles. The van der Waals surface area contributed by atoms with Gasteiger partial charge in [-0.15, -0.1) is 0 Å². The van der Waals surface area contributed by atoms with Crippen molar-refractivity contribution in [3.8, 4) is 17.2 Å². The van der Waals surface area contributed by atoms with Gasteiger partial charge in [0.2, 0.25) is 0 Å². The minimum atomic E-state index is 0.460. The summed E-state index contributed by atoms with van der Waals surface area (Å²) in [5.41, 5.74) is 1.09. The van der Waals surface area contributed by atoms with E-state index in [1.54, 1.807) is 21.3 Å². The fourth-order valence-corrected chi connectivity index (χ4v) is 1.83. The molecule has 0 saturated carbocycles. The van der Waals surface area contributed by atoms with Crippen LogP contribution in [0.5, 0.6) is 17.2 Å². The van der Waals surface area contributed by atoms with Crippen LogP contribution in [0.2, 0.25) is 0 Å². The number of nitrogens with one attached hydrogen (secondary N) is 1. The topological polar surface area (TPSA) is 39.7 Å². The fourth-order valence-electron chi connectivity index (χ4n) is 1.83. The van der Waals surface area contributed by atoms with Gasteiger partial charge >= 0.3 is 0 Å². The minimum absolute atomic E-state index is 0.460. The second-order valence-electron chi connectivity index (χ2n) is 4.24. The Kier molecular flexibility index (Phi) is 5.78. The Morgan fingerprint density at radius 3 is 2.00 bits per heavy atom. The highest BCUT2D eigenvalue weighted by Gasteiger charge is 2.13. The number of hydrogen-bond acceptors (Lipinski definition) is 4. The van der Waals surface area contributed by atoms with Crippen molar-refractivity contribution in [2.24, 2.45) is 0 Å². The van der Waals surface area contributed by atoms with Crippen molar-refractivity contribution in [1.82, 2.24) is 5.32 Å². The summed E-state index contributed by atoms with van der Waals surface area (Å²) in [5, 5.41) is 3.23. The molecule has 0 bridgehead atoms. The van der Waals surface area contributed by atoms with E-state index in [1.165, 1.54) is 0 Å². The van der Waals surface area contributed by atoms with E-state index in [0.717, 1.165) is 35.7 Å². The molecule has 4 nitrogen and oxygen atoms in total. The summed E-state index contributed by atoms with van der Waals surface area (Å²) in [5.74, 6) is 2.37. The van der Waals surface area contributed by atoms with E-state index in [2.05, 4.69) is 12.2 Å². The maximum atomic E-state index is 5.42. The van der Waals surface area contributed by atoms with Crippen LogP contribution in [0.4, 0.5) is 0 Å². The Balaban J connectivity index is 2.99. The lowest BCUT2D eigenvalue weighted by atomic mass is 10.0. The van der Waals surface area contributed by atoms with Gasteiger partial charge in [-0.25, -0.2) is 0 Å². The molecule has 0 aliphatic rings. The average Bonchev–Trinajstić information content (AvgIpc) is 2.43. The first-order chi connectivity index (χ1) is 8.65. The zero-order chi connectivity index (χ0) is 13.5. The maximum Gasteiger partial charge on any atom is 0.129 e. The first-order valence-corrected chi connectivity index (χ1v) is 6.12. The lowest BCUT2D eigenvalue weighted by Crippen LogP contribution is -2.21. The second kappa shape index (κ2) is 7.11. The molecule has 1 aromatic rings. The molecule has 0 amide bonds. The molecule has 0 aromatic heterocycles. The summed E-state index contributed by atoms with van der Waals surface area (Å²) < 4.78 is 16.1. The predicted octanol–water partition coefficient (Wildman–Crippen LogP) is 2.25. The van der Waals surface area contributed by atoms with Crippen LogP contribution < -0.4 is 19.5 Å². The summed E-state index contributed by atoms with van der Waals surface area (Å²) in [6.45, 7) is 2.16. The molecule has 102 valence electrons. The molecule has 1 atom stereocenters. The van der Waals surface area contributed by atoms with Crippen molar-refractivity contribution in [2.75, 3.05) is 28.4 Å². The Morgan fingerprint density at radius 1 is 1.06 bits per heavy atom. The van der Waals surface area contributed by atoms with Crippen LogP contribution >= 0.6 is 0 Å². The lowest BCUT2D eigenvalue weighted by molar-refractivity contribution is 0.367. The van der Waals surface area contributed by atoms with Crippen molar-refractivity contribution >= 4 is 0 Å². The normalized spacial score (nSPS) is 12.1. The average molecular weight is 253 g/mol. The summed E-state index contributed by atoms with van der Waals surface area (Å²) in [6.07, 6.45) is 1.92. The molecule has 0 spiro atoms. The summed E-state index contributed by atoms with van der Waals surface area (Å²) in [7, 11) is 6.93. The Hall–Kier alpha value is -1.42. The van der Waals surface area contributed by atoms with E-state index in [9.17, 15) is 0 Å². The highest BCUT2D eigenvalue weighted by Crippen LogP contribution is 2.34. The van der Waals surface area contributed by atoms with Crippen LogP contribution in [0.3, 0.4) is 0 Å². The van der Waals surface area contributed by atoms with E-state index < -0.39 is 0 Å². The third-order valence-corrected chi connectivity index (χ3v) is 3.14. The van der Waals surface area contributed by atoms with Gasteiger partial charge in [0, 0.05) is 23.7 Å². The first kappa shape index (κ1) is 14.6. The zero-order valence-corrected chi connectivity index (χ0v) is 11.9. The number of methoxy groups -OCH3 is 3. The van der Waals surface area contributed by atoms with Crippen molar-refractivity contribution in [1.29, 1.82) is 0 Å². The predicted molar refractivity (Wildman–Crippen MR) is 72.9 cm³/mol. The molecule has 1 N–H and O–H groups in total. The fraction of sp³-hybridized carbons (Fsp3) is 0.571. The molecule has 1 rings (SSSR count). The molecule has 0 aliphatic heterocycles. The summed E-state index contributed by atoms with van der Waals surface area (Å²) >= 11 is 0. The smallest absolute Gasteiger partial charge is 0.129 e. The highest BCUT2D eigenvalue weighted by molar-refractivity contribution is 5.50. The molecule has 0 saturated heterocycles. The molecule has 4 heteroatoms. The zero-order valence-electron chi connectivity index (χ0n) is 11.9. The molecule has 1 aromatic carbocycles. The Labute approximate surface area is 109 Å². The van der Waals surface area contributed by atoms with Crippen LogP contribution in [-0.2, 0) is 6.42 Å². The van der Waals surface area contributed by atoms with Gasteiger partial charge < -0.3 is 19.5 Å². The van der Waals surface area contributed by atoms with E-state index in [-0.39, 0.29) is 0 Å². The molecule has 0 radical (unpaired) electrons. The van der Waals surface area contributed by atoms with Crippen molar-refractivity contribution in [3.63, 3.8) is 0 Å². The van der Waals surface area contributed by atoms with E-state index >= 15 is 0 Å². The standard InChI is InChI=1S/C14H23NO3/c1-10(15-2)6-7-12-13(17-4)8-11(16-3)9-14(12)18-5/h8-10,15H,6-7H2,1-5H3. The number of ether oxygens (including phenoxy) is 3. The Morgan fingerprint density at radius 2 is 1.61 bits per heavy atom. The SMILES string of the molecule is CNC(C)CCc1c(OC)cc(OC)cc1OC. The molecule has 0 heterocycles. The molecular weight excluding hydrogens is 230 g/mol. The lowest BCUT2D eigenvalue weighted by Gasteiger charge is -2.16.